The molecule has 0 aliphatic heterocycles. The summed E-state index contributed by atoms with van der Waals surface area (Å²) in [5, 5.41) is 7.22. The molecule has 0 bridgehead atoms. The first kappa shape index (κ1) is 14.4. The van der Waals surface area contributed by atoms with Crippen molar-refractivity contribution in [2.45, 2.75) is 6.92 Å². The lowest BCUT2D eigenvalue weighted by atomic mass is 10.3. The van der Waals surface area contributed by atoms with E-state index in [1.165, 1.54) is 0 Å². The summed E-state index contributed by atoms with van der Waals surface area (Å²) in [6, 6.07) is 5.43. The van der Waals surface area contributed by atoms with Crippen molar-refractivity contribution in [1.29, 1.82) is 0 Å². The van der Waals surface area contributed by atoms with Gasteiger partial charge < -0.3 is 10.6 Å². The van der Waals surface area contributed by atoms with Gasteiger partial charge in [0.05, 0.1) is 11.9 Å². The molecule has 1 aromatic carbocycles. The summed E-state index contributed by atoms with van der Waals surface area (Å²) in [6.45, 7) is 2.71. The molecule has 2 aromatic rings. The number of hydrogen-bond acceptors (Lipinski definition) is 4. The highest BCUT2D eigenvalue weighted by Crippen LogP contribution is 2.30. The fraction of sp³-hybridized carbons (Fsp3) is 0.167. The first-order chi connectivity index (χ1) is 9.10. The monoisotopic (exact) mass is 360 g/mol. The zero-order valence-electron chi connectivity index (χ0n) is 10.0. The third-order valence-electron chi connectivity index (χ3n) is 2.26. The predicted octanol–water partition coefficient (Wildman–Crippen LogP) is 4.72. The van der Waals surface area contributed by atoms with Crippen LogP contribution >= 0.6 is 39.1 Å². The number of benzene rings is 1. The molecule has 0 saturated carbocycles. The lowest BCUT2D eigenvalue weighted by Gasteiger charge is -2.11. The molecule has 100 valence electrons. The molecule has 2 rings (SSSR count). The van der Waals surface area contributed by atoms with Crippen molar-refractivity contribution >= 4 is 56.6 Å². The Hall–Kier alpha value is -1.04. The van der Waals surface area contributed by atoms with Gasteiger partial charge in [-0.05, 0) is 41.1 Å². The van der Waals surface area contributed by atoms with Crippen LogP contribution in [-0.4, -0.2) is 16.5 Å². The molecule has 0 fully saturated rings. The van der Waals surface area contributed by atoms with E-state index >= 15 is 0 Å². The third kappa shape index (κ3) is 3.72. The Morgan fingerprint density at radius 2 is 2.11 bits per heavy atom. The Kier molecular flexibility index (Phi) is 4.85. The Morgan fingerprint density at radius 1 is 1.32 bits per heavy atom. The van der Waals surface area contributed by atoms with Crippen LogP contribution in [0.15, 0.2) is 28.9 Å². The third-order valence-corrected chi connectivity index (χ3v) is 3.46. The molecule has 0 aliphatic rings. The van der Waals surface area contributed by atoms with Crippen molar-refractivity contribution in [3.8, 4) is 0 Å². The van der Waals surface area contributed by atoms with Crippen LogP contribution in [0.2, 0.25) is 10.0 Å². The second-order valence-corrected chi connectivity index (χ2v) is 5.37. The largest absolute Gasteiger partial charge is 0.354 e. The van der Waals surface area contributed by atoms with Crippen LogP contribution < -0.4 is 10.6 Å². The van der Waals surface area contributed by atoms with Gasteiger partial charge in [0.15, 0.2) is 5.82 Å². The summed E-state index contributed by atoms with van der Waals surface area (Å²) >= 11 is 15.5. The number of hydrogen-bond donors (Lipinski definition) is 2. The van der Waals surface area contributed by atoms with Gasteiger partial charge in [-0.1, -0.05) is 23.2 Å². The van der Waals surface area contributed by atoms with Gasteiger partial charge in [-0.25, -0.2) is 4.98 Å². The number of halogens is 3. The molecule has 19 heavy (non-hydrogen) atoms. The predicted molar refractivity (Wildman–Crippen MR) is 83.6 cm³/mol. The number of aromatic nitrogens is 2. The number of nitrogens with zero attached hydrogens (tertiary/aromatic N) is 2. The summed E-state index contributed by atoms with van der Waals surface area (Å²) in [7, 11) is 0. The molecular weight excluding hydrogens is 351 g/mol. The molecule has 2 N–H and O–H groups in total. The van der Waals surface area contributed by atoms with Crippen molar-refractivity contribution in [3.63, 3.8) is 0 Å². The minimum absolute atomic E-state index is 0.438. The second-order valence-electron chi connectivity index (χ2n) is 3.67. The van der Waals surface area contributed by atoms with Crippen LogP contribution in [0, 0.1) is 0 Å². The Bertz CT molecular complexity index is 592. The van der Waals surface area contributed by atoms with Gasteiger partial charge in [0, 0.05) is 16.0 Å². The topological polar surface area (TPSA) is 49.8 Å². The molecule has 4 nitrogen and oxygen atoms in total. The second kappa shape index (κ2) is 6.41. The standard InChI is InChI=1S/C12H11BrCl2N4/c1-2-16-12-17-6-9(15)11(19-12)18-10-5-7(14)3-4-8(10)13/h3-6H,2H2,1H3,(H2,16,17,18,19). The van der Waals surface area contributed by atoms with Crippen molar-refractivity contribution in [2.24, 2.45) is 0 Å². The Morgan fingerprint density at radius 3 is 2.84 bits per heavy atom. The van der Waals surface area contributed by atoms with E-state index in [0.29, 0.717) is 21.8 Å². The molecule has 0 radical (unpaired) electrons. The smallest absolute Gasteiger partial charge is 0.224 e. The van der Waals surface area contributed by atoms with E-state index in [2.05, 4.69) is 36.5 Å². The van der Waals surface area contributed by atoms with Gasteiger partial charge in [-0.3, -0.25) is 0 Å². The Labute approximate surface area is 129 Å². The van der Waals surface area contributed by atoms with E-state index in [-0.39, 0.29) is 0 Å². The maximum Gasteiger partial charge on any atom is 0.224 e. The van der Waals surface area contributed by atoms with Crippen LogP contribution in [0.25, 0.3) is 0 Å². The van der Waals surface area contributed by atoms with Gasteiger partial charge in [0.2, 0.25) is 5.95 Å². The molecule has 0 amide bonds. The van der Waals surface area contributed by atoms with Gasteiger partial charge in [0.1, 0.15) is 5.02 Å². The lowest BCUT2D eigenvalue weighted by Crippen LogP contribution is -2.04. The zero-order chi connectivity index (χ0) is 13.8. The van der Waals surface area contributed by atoms with Crippen LogP contribution in [0.5, 0.6) is 0 Å². The number of nitrogens with one attached hydrogen (secondary N) is 2. The molecule has 7 heteroatoms. The molecule has 1 heterocycles. The van der Waals surface area contributed by atoms with Gasteiger partial charge in [-0.15, -0.1) is 0 Å². The van der Waals surface area contributed by atoms with Crippen LogP contribution in [0.4, 0.5) is 17.5 Å². The quantitative estimate of drug-likeness (QED) is 0.827. The summed E-state index contributed by atoms with van der Waals surface area (Å²) in [5.41, 5.74) is 0.788. The SMILES string of the molecule is CCNc1ncc(Cl)c(Nc2cc(Cl)ccc2Br)n1. The van der Waals surface area contributed by atoms with Crippen LogP contribution in [-0.2, 0) is 0 Å². The average molecular weight is 362 g/mol. The highest BCUT2D eigenvalue weighted by Gasteiger charge is 2.08. The van der Waals surface area contributed by atoms with E-state index in [9.17, 15) is 0 Å². The molecule has 0 saturated heterocycles. The zero-order valence-corrected chi connectivity index (χ0v) is 13.1. The average Bonchev–Trinajstić information content (AvgIpc) is 2.38. The van der Waals surface area contributed by atoms with E-state index < -0.39 is 0 Å². The number of anilines is 3. The molecular formula is C12H11BrCl2N4. The number of rotatable bonds is 4. The molecule has 0 aliphatic carbocycles. The van der Waals surface area contributed by atoms with Gasteiger partial charge in [0.25, 0.3) is 0 Å². The van der Waals surface area contributed by atoms with E-state index in [1.807, 2.05) is 13.0 Å². The van der Waals surface area contributed by atoms with Gasteiger partial charge >= 0.3 is 0 Å². The Balaban J connectivity index is 2.31. The summed E-state index contributed by atoms with van der Waals surface area (Å²) < 4.78 is 0.872. The van der Waals surface area contributed by atoms with E-state index in [0.717, 1.165) is 16.7 Å². The highest BCUT2D eigenvalue weighted by atomic mass is 79.9. The van der Waals surface area contributed by atoms with Crippen molar-refractivity contribution < 1.29 is 0 Å². The van der Waals surface area contributed by atoms with E-state index in [1.54, 1.807) is 18.3 Å². The van der Waals surface area contributed by atoms with Crippen molar-refractivity contribution in [2.75, 3.05) is 17.2 Å². The normalized spacial score (nSPS) is 10.3. The fourth-order valence-corrected chi connectivity index (χ4v) is 2.08. The molecule has 0 unspecified atom stereocenters. The molecule has 1 aromatic heterocycles. The maximum atomic E-state index is 6.07. The van der Waals surface area contributed by atoms with Crippen molar-refractivity contribution in [1.82, 2.24) is 9.97 Å². The first-order valence-corrected chi connectivity index (χ1v) is 7.13. The molecule has 0 atom stereocenters. The van der Waals surface area contributed by atoms with Crippen LogP contribution in [0.1, 0.15) is 6.92 Å². The summed E-state index contributed by atoms with van der Waals surface area (Å²) in [6.07, 6.45) is 1.55. The van der Waals surface area contributed by atoms with Gasteiger partial charge in [-0.2, -0.15) is 4.98 Å². The summed E-state index contributed by atoms with van der Waals surface area (Å²) in [4.78, 5) is 8.38. The minimum atomic E-state index is 0.438. The summed E-state index contributed by atoms with van der Waals surface area (Å²) in [5.74, 6) is 1.04. The van der Waals surface area contributed by atoms with E-state index in [4.69, 9.17) is 23.2 Å². The van der Waals surface area contributed by atoms with Crippen molar-refractivity contribution in [3.05, 3.63) is 38.9 Å². The maximum absolute atomic E-state index is 6.07. The fourth-order valence-electron chi connectivity index (χ4n) is 1.42. The first-order valence-electron chi connectivity index (χ1n) is 5.58. The lowest BCUT2D eigenvalue weighted by molar-refractivity contribution is 1.09. The molecule has 0 spiro atoms. The minimum Gasteiger partial charge on any atom is -0.354 e. The highest BCUT2D eigenvalue weighted by molar-refractivity contribution is 9.10. The van der Waals surface area contributed by atoms with Crippen LogP contribution in [0.3, 0.4) is 0 Å².